The molecule has 2 heteroatoms. The molecule has 0 amide bonds. The highest BCUT2D eigenvalue weighted by Crippen LogP contribution is 2.64. The SMILES string of the molecule is c1ccc(-c2ccc(-c3ccccc3)c(N(c3cccc(-c4cccc5c4-c4ccccc4C54c5ccccc5-c5ccccc54)c3)c3ccc4c(c3)oc3cc(-c5ccccc5)ccc34)c2)cc1. The summed E-state index contributed by atoms with van der Waals surface area (Å²) in [7, 11) is 0. The van der Waals surface area contributed by atoms with Gasteiger partial charge in [0, 0.05) is 33.8 Å². The fourth-order valence-corrected chi connectivity index (χ4v) is 11.7. The van der Waals surface area contributed by atoms with E-state index in [4.69, 9.17) is 4.42 Å². The lowest BCUT2D eigenvalue weighted by Crippen LogP contribution is -2.25. The van der Waals surface area contributed by atoms with Gasteiger partial charge >= 0.3 is 0 Å². The maximum atomic E-state index is 6.83. The minimum atomic E-state index is -0.426. The van der Waals surface area contributed by atoms with Gasteiger partial charge in [0.2, 0.25) is 0 Å². The highest BCUT2D eigenvalue weighted by atomic mass is 16.3. The van der Waals surface area contributed by atoms with E-state index >= 15 is 0 Å². The molecular weight excluding hydrogens is 835 g/mol. The molecule has 0 saturated carbocycles. The van der Waals surface area contributed by atoms with Crippen LogP contribution in [0.15, 0.2) is 265 Å². The van der Waals surface area contributed by atoms with E-state index in [1.165, 1.54) is 55.6 Å². The number of rotatable bonds is 7. The van der Waals surface area contributed by atoms with Gasteiger partial charge in [0.15, 0.2) is 0 Å². The van der Waals surface area contributed by atoms with Gasteiger partial charge in [-0.05, 0) is 126 Å². The lowest BCUT2D eigenvalue weighted by molar-refractivity contribution is 0.669. The molecule has 322 valence electrons. The van der Waals surface area contributed by atoms with E-state index in [2.05, 4.69) is 266 Å². The molecule has 2 aliphatic rings. The molecule has 1 aromatic heterocycles. The van der Waals surface area contributed by atoms with Crippen LogP contribution >= 0.6 is 0 Å². The van der Waals surface area contributed by atoms with Crippen molar-refractivity contribution in [2.75, 3.05) is 4.90 Å². The van der Waals surface area contributed by atoms with E-state index < -0.39 is 5.41 Å². The second-order valence-corrected chi connectivity index (χ2v) is 18.3. The largest absolute Gasteiger partial charge is 0.456 e. The average molecular weight is 878 g/mol. The molecular formula is C67H43NO. The molecule has 2 aliphatic carbocycles. The highest BCUT2D eigenvalue weighted by molar-refractivity contribution is 6.08. The van der Waals surface area contributed by atoms with E-state index in [9.17, 15) is 0 Å². The first-order valence-electron chi connectivity index (χ1n) is 23.8. The molecule has 1 heterocycles. The Bertz CT molecular complexity index is 3910. The number of fused-ring (bicyclic) bond motifs is 13. The van der Waals surface area contributed by atoms with Crippen molar-refractivity contribution >= 4 is 39.0 Å². The molecule has 14 rings (SSSR count). The predicted molar refractivity (Wildman–Crippen MR) is 286 cm³/mol. The van der Waals surface area contributed by atoms with E-state index in [-0.39, 0.29) is 0 Å². The molecule has 0 N–H and O–H groups in total. The zero-order chi connectivity index (χ0) is 45.5. The van der Waals surface area contributed by atoms with Gasteiger partial charge in [-0.3, -0.25) is 0 Å². The van der Waals surface area contributed by atoms with Crippen molar-refractivity contribution in [3.05, 3.63) is 283 Å². The summed E-state index contributed by atoms with van der Waals surface area (Å²) in [6.07, 6.45) is 0. The van der Waals surface area contributed by atoms with Crippen LogP contribution in [0, 0.1) is 0 Å². The standard InChI is InChI=1S/C67H43NO/c1-4-18-44(19-5-1)47-34-37-52(46-22-8-3-9-23-46)63(41-47)68(51-36-39-57-56-38-35-48(45-20-6-2-7-21-45)42-64(56)69-65(57)43-51)50-25-16-24-49(40-50)53-29-17-33-62-66(53)58-28-12-15-32-61(58)67(62)59-30-13-10-26-54(59)55-27-11-14-31-60(55)67/h1-43H. The number of anilines is 3. The third kappa shape index (κ3) is 5.99. The minimum absolute atomic E-state index is 0.426. The smallest absolute Gasteiger partial charge is 0.137 e. The molecule has 0 aliphatic heterocycles. The number of furan rings is 1. The van der Waals surface area contributed by atoms with Crippen LogP contribution in [0.1, 0.15) is 22.3 Å². The molecule has 2 nitrogen and oxygen atoms in total. The Morgan fingerprint density at radius 2 is 0.754 bits per heavy atom. The summed E-state index contributed by atoms with van der Waals surface area (Å²) in [5.41, 5.74) is 24.2. The fourth-order valence-electron chi connectivity index (χ4n) is 11.7. The Kier molecular flexibility index (Phi) is 8.84. The van der Waals surface area contributed by atoms with Crippen molar-refractivity contribution in [3.63, 3.8) is 0 Å². The molecule has 0 bridgehead atoms. The van der Waals surface area contributed by atoms with Gasteiger partial charge < -0.3 is 9.32 Å². The zero-order valence-electron chi connectivity index (χ0n) is 37.7. The highest BCUT2D eigenvalue weighted by Gasteiger charge is 2.52. The maximum absolute atomic E-state index is 6.83. The van der Waals surface area contributed by atoms with Crippen LogP contribution in [0.3, 0.4) is 0 Å². The van der Waals surface area contributed by atoms with Crippen molar-refractivity contribution in [1.82, 2.24) is 0 Å². The summed E-state index contributed by atoms with van der Waals surface area (Å²) in [6.45, 7) is 0. The lowest BCUT2D eigenvalue weighted by Gasteiger charge is -2.30. The molecule has 12 aromatic rings. The van der Waals surface area contributed by atoms with Gasteiger partial charge in [0.05, 0.1) is 11.1 Å². The fraction of sp³-hybridized carbons (Fsp3) is 0.0149. The van der Waals surface area contributed by atoms with Crippen LogP contribution < -0.4 is 4.90 Å². The van der Waals surface area contributed by atoms with Gasteiger partial charge in [0.25, 0.3) is 0 Å². The Balaban J connectivity index is 0.994. The van der Waals surface area contributed by atoms with Gasteiger partial charge in [-0.1, -0.05) is 212 Å². The van der Waals surface area contributed by atoms with Crippen LogP contribution in [0.5, 0.6) is 0 Å². The number of hydrogen-bond donors (Lipinski definition) is 0. The van der Waals surface area contributed by atoms with Crippen LogP contribution in [-0.4, -0.2) is 0 Å². The van der Waals surface area contributed by atoms with E-state index in [1.54, 1.807) is 0 Å². The molecule has 0 unspecified atom stereocenters. The number of benzene rings is 11. The quantitative estimate of drug-likeness (QED) is 0.159. The van der Waals surface area contributed by atoms with E-state index in [0.717, 1.165) is 72.4 Å². The molecule has 0 saturated heterocycles. The third-order valence-electron chi connectivity index (χ3n) is 14.7. The van der Waals surface area contributed by atoms with Gasteiger partial charge in [-0.15, -0.1) is 0 Å². The van der Waals surface area contributed by atoms with E-state index in [0.29, 0.717) is 0 Å². The summed E-state index contributed by atoms with van der Waals surface area (Å²) in [4.78, 5) is 2.43. The topological polar surface area (TPSA) is 16.4 Å². The van der Waals surface area contributed by atoms with Crippen LogP contribution in [0.4, 0.5) is 17.1 Å². The van der Waals surface area contributed by atoms with Gasteiger partial charge in [0.1, 0.15) is 11.2 Å². The third-order valence-corrected chi connectivity index (χ3v) is 14.7. The molecule has 0 fully saturated rings. The number of hydrogen-bond acceptors (Lipinski definition) is 2. The second kappa shape index (κ2) is 15.6. The monoisotopic (exact) mass is 877 g/mol. The number of nitrogens with zero attached hydrogens (tertiary/aromatic N) is 1. The molecule has 1 spiro atoms. The van der Waals surface area contributed by atoms with Crippen LogP contribution in [0.25, 0.3) is 88.7 Å². The van der Waals surface area contributed by atoms with Crippen molar-refractivity contribution in [1.29, 1.82) is 0 Å². The summed E-state index contributed by atoms with van der Waals surface area (Å²) < 4.78 is 6.83. The summed E-state index contributed by atoms with van der Waals surface area (Å²) >= 11 is 0. The van der Waals surface area contributed by atoms with Crippen molar-refractivity contribution in [3.8, 4) is 66.8 Å². The molecule has 0 radical (unpaired) electrons. The predicted octanol–water partition coefficient (Wildman–Crippen LogP) is 18.1. The molecule has 69 heavy (non-hydrogen) atoms. The first kappa shape index (κ1) is 39.2. The Morgan fingerprint density at radius 3 is 1.43 bits per heavy atom. The lowest BCUT2D eigenvalue weighted by atomic mass is 9.70. The van der Waals surface area contributed by atoms with Crippen molar-refractivity contribution in [2.45, 2.75) is 5.41 Å². The van der Waals surface area contributed by atoms with Crippen LogP contribution in [0.2, 0.25) is 0 Å². The molecule has 11 aromatic carbocycles. The van der Waals surface area contributed by atoms with Crippen LogP contribution in [-0.2, 0) is 5.41 Å². The Labute approximate surface area is 401 Å². The average Bonchev–Trinajstić information content (AvgIpc) is 4.05. The first-order chi connectivity index (χ1) is 34.2. The summed E-state index contributed by atoms with van der Waals surface area (Å²) in [5, 5.41) is 2.19. The Morgan fingerprint density at radius 1 is 0.275 bits per heavy atom. The van der Waals surface area contributed by atoms with Crippen molar-refractivity contribution in [2.24, 2.45) is 0 Å². The minimum Gasteiger partial charge on any atom is -0.456 e. The van der Waals surface area contributed by atoms with Gasteiger partial charge in [-0.2, -0.15) is 0 Å². The normalized spacial score (nSPS) is 12.8. The summed E-state index contributed by atoms with van der Waals surface area (Å²) in [6, 6.07) is 95.4. The first-order valence-corrected chi connectivity index (χ1v) is 23.8. The molecule has 0 atom stereocenters. The second-order valence-electron chi connectivity index (χ2n) is 18.3. The zero-order valence-corrected chi connectivity index (χ0v) is 37.7. The van der Waals surface area contributed by atoms with E-state index in [1.807, 2.05) is 0 Å². The maximum Gasteiger partial charge on any atom is 0.137 e. The van der Waals surface area contributed by atoms with Crippen molar-refractivity contribution < 1.29 is 4.42 Å². The summed E-state index contributed by atoms with van der Waals surface area (Å²) in [5.74, 6) is 0. The Hall–Kier alpha value is -8.98. The van der Waals surface area contributed by atoms with Gasteiger partial charge in [-0.25, -0.2) is 0 Å².